The van der Waals surface area contributed by atoms with Gasteiger partial charge in [0.05, 0.1) is 12.7 Å². The zero-order valence-electron chi connectivity index (χ0n) is 12.9. The van der Waals surface area contributed by atoms with Crippen LogP contribution in [0.2, 0.25) is 0 Å². The SMILES string of the molecule is COc1cccc(C(=O)NCCNCc2ccccc2O)c1O. The van der Waals surface area contributed by atoms with Crippen molar-refractivity contribution in [1.29, 1.82) is 0 Å². The van der Waals surface area contributed by atoms with E-state index in [0.29, 0.717) is 19.6 Å². The molecule has 0 radical (unpaired) electrons. The van der Waals surface area contributed by atoms with E-state index in [-0.39, 0.29) is 28.7 Å². The van der Waals surface area contributed by atoms with Crippen LogP contribution in [-0.2, 0) is 6.54 Å². The monoisotopic (exact) mass is 316 g/mol. The molecule has 2 rings (SSSR count). The Hall–Kier alpha value is -2.73. The van der Waals surface area contributed by atoms with Crippen molar-refractivity contribution in [2.75, 3.05) is 20.2 Å². The second-order valence-electron chi connectivity index (χ2n) is 4.92. The number of methoxy groups -OCH3 is 1. The van der Waals surface area contributed by atoms with Crippen LogP contribution in [0.5, 0.6) is 17.2 Å². The molecular weight excluding hydrogens is 296 g/mol. The van der Waals surface area contributed by atoms with Gasteiger partial charge < -0.3 is 25.6 Å². The van der Waals surface area contributed by atoms with Gasteiger partial charge in [0.1, 0.15) is 5.75 Å². The Labute approximate surface area is 134 Å². The molecule has 0 saturated heterocycles. The first-order chi connectivity index (χ1) is 11.1. The Morgan fingerprint density at radius 3 is 2.61 bits per heavy atom. The van der Waals surface area contributed by atoms with Gasteiger partial charge in [-0.1, -0.05) is 24.3 Å². The Bertz CT molecular complexity index is 673. The van der Waals surface area contributed by atoms with Crippen LogP contribution >= 0.6 is 0 Å². The number of para-hydroxylation sites is 2. The normalized spacial score (nSPS) is 10.3. The summed E-state index contributed by atoms with van der Waals surface area (Å²) in [6.45, 7) is 1.43. The molecule has 0 saturated carbocycles. The lowest BCUT2D eigenvalue weighted by atomic mass is 10.1. The number of nitrogens with one attached hydrogen (secondary N) is 2. The molecule has 0 spiro atoms. The molecule has 4 N–H and O–H groups in total. The predicted molar refractivity (Wildman–Crippen MR) is 86.8 cm³/mol. The number of carbonyl (C=O) groups is 1. The van der Waals surface area contributed by atoms with E-state index in [2.05, 4.69) is 10.6 Å². The highest BCUT2D eigenvalue weighted by atomic mass is 16.5. The highest BCUT2D eigenvalue weighted by Crippen LogP contribution is 2.29. The molecule has 0 aromatic heterocycles. The molecule has 1 amide bonds. The number of carbonyl (C=O) groups excluding carboxylic acids is 1. The second kappa shape index (κ2) is 8.05. The molecule has 6 heteroatoms. The summed E-state index contributed by atoms with van der Waals surface area (Å²) in [5.41, 5.74) is 0.967. The molecule has 0 heterocycles. The standard InChI is InChI=1S/C17H20N2O4/c1-23-15-8-4-6-13(16(15)21)17(22)19-10-9-18-11-12-5-2-3-7-14(12)20/h2-8,18,20-21H,9-11H2,1H3,(H,19,22). The molecule has 6 nitrogen and oxygen atoms in total. The summed E-state index contributed by atoms with van der Waals surface area (Å²) in [4.78, 5) is 12.0. The lowest BCUT2D eigenvalue weighted by molar-refractivity contribution is 0.0950. The topological polar surface area (TPSA) is 90.8 Å². The van der Waals surface area contributed by atoms with Gasteiger partial charge in [0, 0.05) is 25.2 Å². The van der Waals surface area contributed by atoms with E-state index in [1.807, 2.05) is 12.1 Å². The molecule has 0 aliphatic carbocycles. The van der Waals surface area contributed by atoms with Crippen molar-refractivity contribution < 1.29 is 19.7 Å². The lowest BCUT2D eigenvalue weighted by Crippen LogP contribution is -2.31. The first-order valence-electron chi connectivity index (χ1n) is 7.25. The number of aromatic hydroxyl groups is 2. The van der Waals surface area contributed by atoms with E-state index in [9.17, 15) is 15.0 Å². The fourth-order valence-electron chi connectivity index (χ4n) is 2.11. The molecule has 2 aromatic carbocycles. The fourth-order valence-corrected chi connectivity index (χ4v) is 2.11. The van der Waals surface area contributed by atoms with Crippen LogP contribution in [-0.4, -0.2) is 36.3 Å². The van der Waals surface area contributed by atoms with Gasteiger partial charge in [-0.05, 0) is 18.2 Å². The van der Waals surface area contributed by atoms with Crippen LogP contribution in [0.4, 0.5) is 0 Å². The van der Waals surface area contributed by atoms with Crippen molar-refractivity contribution in [3.63, 3.8) is 0 Å². The van der Waals surface area contributed by atoms with E-state index in [1.165, 1.54) is 13.2 Å². The lowest BCUT2D eigenvalue weighted by Gasteiger charge is -2.10. The van der Waals surface area contributed by atoms with Gasteiger partial charge in [-0.15, -0.1) is 0 Å². The van der Waals surface area contributed by atoms with Crippen molar-refractivity contribution in [3.8, 4) is 17.2 Å². The molecule has 0 aliphatic heterocycles. The average Bonchev–Trinajstić information content (AvgIpc) is 2.56. The van der Waals surface area contributed by atoms with Crippen LogP contribution < -0.4 is 15.4 Å². The van der Waals surface area contributed by atoms with Gasteiger partial charge in [-0.25, -0.2) is 0 Å². The Morgan fingerprint density at radius 2 is 1.87 bits per heavy atom. The minimum absolute atomic E-state index is 0.171. The number of amides is 1. The molecule has 0 atom stereocenters. The van der Waals surface area contributed by atoms with Crippen molar-refractivity contribution in [1.82, 2.24) is 10.6 Å². The molecule has 0 bridgehead atoms. The van der Waals surface area contributed by atoms with E-state index < -0.39 is 0 Å². The molecule has 23 heavy (non-hydrogen) atoms. The highest BCUT2D eigenvalue weighted by Gasteiger charge is 2.13. The summed E-state index contributed by atoms with van der Waals surface area (Å²) in [5.74, 6) is -0.0407. The quantitative estimate of drug-likeness (QED) is 0.583. The predicted octanol–water partition coefficient (Wildman–Crippen LogP) is 1.63. The minimum atomic E-state index is -0.370. The van der Waals surface area contributed by atoms with E-state index >= 15 is 0 Å². The van der Waals surface area contributed by atoms with Crippen LogP contribution in [0.1, 0.15) is 15.9 Å². The molecule has 122 valence electrons. The summed E-state index contributed by atoms with van der Waals surface area (Å²) in [6, 6.07) is 11.8. The average molecular weight is 316 g/mol. The summed E-state index contributed by atoms with van der Waals surface area (Å²) in [7, 11) is 1.43. The second-order valence-corrected chi connectivity index (χ2v) is 4.92. The Balaban J connectivity index is 1.78. The molecule has 0 unspecified atom stereocenters. The van der Waals surface area contributed by atoms with Crippen molar-refractivity contribution >= 4 is 5.91 Å². The number of rotatable bonds is 7. The van der Waals surface area contributed by atoms with Gasteiger partial charge in [0.2, 0.25) is 0 Å². The van der Waals surface area contributed by atoms with Crippen LogP contribution in [0.15, 0.2) is 42.5 Å². The zero-order chi connectivity index (χ0) is 16.7. The molecule has 0 fully saturated rings. The van der Waals surface area contributed by atoms with Crippen LogP contribution in [0.3, 0.4) is 0 Å². The Kier molecular flexibility index (Phi) is 5.82. The zero-order valence-corrected chi connectivity index (χ0v) is 12.9. The summed E-state index contributed by atoms with van der Waals surface area (Å²) < 4.78 is 4.97. The number of hydrogen-bond donors (Lipinski definition) is 4. The van der Waals surface area contributed by atoms with Crippen molar-refractivity contribution in [3.05, 3.63) is 53.6 Å². The first-order valence-corrected chi connectivity index (χ1v) is 7.25. The van der Waals surface area contributed by atoms with E-state index in [1.54, 1.807) is 24.3 Å². The summed E-state index contributed by atoms with van der Waals surface area (Å²) in [6.07, 6.45) is 0. The largest absolute Gasteiger partial charge is 0.508 e. The number of phenols is 2. The van der Waals surface area contributed by atoms with Gasteiger partial charge >= 0.3 is 0 Å². The molecular formula is C17H20N2O4. The highest BCUT2D eigenvalue weighted by molar-refractivity contribution is 5.97. The number of ether oxygens (including phenoxy) is 1. The van der Waals surface area contributed by atoms with E-state index in [4.69, 9.17) is 4.74 Å². The smallest absolute Gasteiger partial charge is 0.255 e. The summed E-state index contributed by atoms with van der Waals surface area (Å²) in [5, 5.41) is 25.4. The first kappa shape index (κ1) is 16.6. The van der Waals surface area contributed by atoms with Gasteiger partial charge in [0.25, 0.3) is 5.91 Å². The third kappa shape index (κ3) is 4.37. The van der Waals surface area contributed by atoms with Gasteiger partial charge in [-0.3, -0.25) is 4.79 Å². The van der Waals surface area contributed by atoms with Crippen molar-refractivity contribution in [2.45, 2.75) is 6.54 Å². The number of phenolic OH excluding ortho intramolecular Hbond substituents is 2. The molecule has 0 aliphatic rings. The number of hydrogen-bond acceptors (Lipinski definition) is 5. The molecule has 2 aromatic rings. The van der Waals surface area contributed by atoms with Gasteiger partial charge in [0.15, 0.2) is 11.5 Å². The summed E-state index contributed by atoms with van der Waals surface area (Å²) >= 11 is 0. The maximum atomic E-state index is 12.0. The maximum Gasteiger partial charge on any atom is 0.255 e. The number of benzene rings is 2. The maximum absolute atomic E-state index is 12.0. The Morgan fingerprint density at radius 1 is 1.09 bits per heavy atom. The van der Waals surface area contributed by atoms with Crippen LogP contribution in [0.25, 0.3) is 0 Å². The third-order valence-corrected chi connectivity index (χ3v) is 3.36. The minimum Gasteiger partial charge on any atom is -0.508 e. The van der Waals surface area contributed by atoms with E-state index in [0.717, 1.165) is 5.56 Å². The third-order valence-electron chi connectivity index (χ3n) is 3.36. The van der Waals surface area contributed by atoms with Crippen LogP contribution in [0, 0.1) is 0 Å². The van der Waals surface area contributed by atoms with Gasteiger partial charge in [-0.2, -0.15) is 0 Å². The fraction of sp³-hybridized carbons (Fsp3) is 0.235. The van der Waals surface area contributed by atoms with Crippen molar-refractivity contribution in [2.24, 2.45) is 0 Å².